The summed E-state index contributed by atoms with van der Waals surface area (Å²) in [7, 11) is -3.60. The van der Waals surface area contributed by atoms with Gasteiger partial charge in [0.05, 0.1) is 18.0 Å². The summed E-state index contributed by atoms with van der Waals surface area (Å²) in [6.07, 6.45) is 1.11. The number of nitrogens with zero attached hydrogens (tertiary/aromatic N) is 1. The molecule has 2 atom stereocenters. The second-order valence-electron chi connectivity index (χ2n) is 6.64. The van der Waals surface area contributed by atoms with Crippen molar-refractivity contribution in [1.29, 1.82) is 0 Å². The summed E-state index contributed by atoms with van der Waals surface area (Å²) in [6.45, 7) is 7.55. The molecule has 0 spiro atoms. The van der Waals surface area contributed by atoms with Crippen LogP contribution < -0.4 is 9.62 Å². The molecule has 5 nitrogen and oxygen atoms in total. The highest BCUT2D eigenvalue weighted by molar-refractivity contribution is 7.92. The Morgan fingerprint density at radius 2 is 1.62 bits per heavy atom. The van der Waals surface area contributed by atoms with Crippen LogP contribution in [-0.4, -0.2) is 26.6 Å². The van der Waals surface area contributed by atoms with Gasteiger partial charge in [-0.1, -0.05) is 36.4 Å². The van der Waals surface area contributed by atoms with Gasteiger partial charge in [-0.3, -0.25) is 9.10 Å². The predicted octanol–water partition coefficient (Wildman–Crippen LogP) is 3.34. The van der Waals surface area contributed by atoms with Gasteiger partial charge >= 0.3 is 0 Å². The summed E-state index contributed by atoms with van der Waals surface area (Å²) in [5.41, 5.74) is 3.79. The third-order valence-corrected chi connectivity index (χ3v) is 5.73. The molecule has 0 radical (unpaired) electrons. The van der Waals surface area contributed by atoms with Crippen LogP contribution in [0.1, 0.15) is 36.6 Å². The minimum atomic E-state index is -3.60. The Morgan fingerprint density at radius 3 is 2.15 bits per heavy atom. The maximum absolute atomic E-state index is 12.7. The number of anilines is 1. The summed E-state index contributed by atoms with van der Waals surface area (Å²) in [5.74, 6) is -0.343. The molecular formula is C20H26N2O3S. The number of carbonyl (C=O) groups excluding carboxylic acids is 1. The smallest absolute Gasteiger partial charge is 0.244 e. The van der Waals surface area contributed by atoms with E-state index in [1.165, 1.54) is 5.56 Å². The first-order chi connectivity index (χ1) is 12.1. The predicted molar refractivity (Wildman–Crippen MR) is 106 cm³/mol. The Kier molecular flexibility index (Phi) is 6.08. The second kappa shape index (κ2) is 7.91. The number of rotatable bonds is 6. The minimum absolute atomic E-state index is 0.221. The highest BCUT2D eigenvalue weighted by Gasteiger charge is 2.29. The molecule has 0 saturated carbocycles. The molecule has 140 valence electrons. The van der Waals surface area contributed by atoms with E-state index >= 15 is 0 Å². The van der Waals surface area contributed by atoms with Crippen LogP contribution in [0.25, 0.3) is 0 Å². The van der Waals surface area contributed by atoms with E-state index in [0.29, 0.717) is 5.69 Å². The molecule has 1 amide bonds. The van der Waals surface area contributed by atoms with Crippen LogP contribution in [0.5, 0.6) is 0 Å². The lowest BCUT2D eigenvalue weighted by molar-refractivity contribution is -0.122. The fourth-order valence-electron chi connectivity index (χ4n) is 2.83. The zero-order chi connectivity index (χ0) is 19.5. The molecule has 0 aliphatic rings. The van der Waals surface area contributed by atoms with Crippen molar-refractivity contribution in [2.75, 3.05) is 10.6 Å². The van der Waals surface area contributed by atoms with Crippen molar-refractivity contribution in [2.45, 2.75) is 39.8 Å². The number of aryl methyl sites for hydroxylation is 2. The van der Waals surface area contributed by atoms with Gasteiger partial charge in [0.15, 0.2) is 0 Å². The summed E-state index contributed by atoms with van der Waals surface area (Å²) in [5, 5.41) is 2.92. The zero-order valence-corrected chi connectivity index (χ0v) is 16.7. The van der Waals surface area contributed by atoms with Gasteiger partial charge in [-0.15, -0.1) is 0 Å². The number of carbonyl (C=O) groups is 1. The molecule has 0 fully saturated rings. The van der Waals surface area contributed by atoms with E-state index < -0.39 is 16.1 Å². The number of hydrogen-bond donors (Lipinski definition) is 1. The van der Waals surface area contributed by atoms with E-state index in [9.17, 15) is 13.2 Å². The third kappa shape index (κ3) is 4.64. The summed E-state index contributed by atoms with van der Waals surface area (Å²) < 4.78 is 25.7. The van der Waals surface area contributed by atoms with Gasteiger partial charge in [0.2, 0.25) is 15.9 Å². The number of sulfonamides is 1. The minimum Gasteiger partial charge on any atom is -0.348 e. The fraction of sp³-hybridized carbons (Fsp3) is 0.350. The van der Waals surface area contributed by atoms with Crippen LogP contribution in [0.3, 0.4) is 0 Å². The summed E-state index contributed by atoms with van der Waals surface area (Å²) in [6, 6.07) is 13.6. The van der Waals surface area contributed by atoms with Crippen molar-refractivity contribution >= 4 is 21.6 Å². The number of para-hydroxylation sites is 1. The van der Waals surface area contributed by atoms with E-state index in [1.807, 2.05) is 39.0 Å². The summed E-state index contributed by atoms with van der Waals surface area (Å²) in [4.78, 5) is 12.7. The van der Waals surface area contributed by atoms with E-state index in [0.717, 1.165) is 21.7 Å². The topological polar surface area (TPSA) is 66.5 Å². The largest absolute Gasteiger partial charge is 0.348 e. The van der Waals surface area contributed by atoms with Crippen LogP contribution >= 0.6 is 0 Å². The molecule has 0 heterocycles. The maximum Gasteiger partial charge on any atom is 0.244 e. The van der Waals surface area contributed by atoms with E-state index in [4.69, 9.17) is 0 Å². The van der Waals surface area contributed by atoms with Crippen molar-refractivity contribution in [1.82, 2.24) is 5.32 Å². The van der Waals surface area contributed by atoms with Crippen molar-refractivity contribution in [2.24, 2.45) is 0 Å². The SMILES string of the molecule is Cc1ccc([C@H](C)NC(=O)[C@@H](C)N(c2ccccc2)S(C)(=O)=O)cc1C. The number of benzene rings is 2. The van der Waals surface area contributed by atoms with Gasteiger partial charge in [0, 0.05) is 0 Å². The molecule has 26 heavy (non-hydrogen) atoms. The van der Waals surface area contributed by atoms with Crippen molar-refractivity contribution in [3.8, 4) is 0 Å². The van der Waals surface area contributed by atoms with Crippen molar-refractivity contribution in [3.63, 3.8) is 0 Å². The Morgan fingerprint density at radius 1 is 1.00 bits per heavy atom. The molecule has 0 aliphatic heterocycles. The highest BCUT2D eigenvalue weighted by Crippen LogP contribution is 2.21. The van der Waals surface area contributed by atoms with Gasteiger partial charge < -0.3 is 5.32 Å². The normalized spacial score (nSPS) is 13.7. The quantitative estimate of drug-likeness (QED) is 0.843. The van der Waals surface area contributed by atoms with Crippen LogP contribution in [0.2, 0.25) is 0 Å². The van der Waals surface area contributed by atoms with Gasteiger partial charge in [0.25, 0.3) is 0 Å². The maximum atomic E-state index is 12.7. The molecule has 0 bridgehead atoms. The van der Waals surface area contributed by atoms with Crippen molar-refractivity contribution in [3.05, 3.63) is 65.2 Å². The van der Waals surface area contributed by atoms with Crippen LogP contribution in [0.4, 0.5) is 5.69 Å². The average Bonchev–Trinajstić information content (AvgIpc) is 2.57. The Hall–Kier alpha value is -2.34. The third-order valence-electron chi connectivity index (χ3n) is 4.49. The molecule has 2 aromatic rings. The first kappa shape index (κ1) is 20.0. The summed E-state index contributed by atoms with van der Waals surface area (Å²) >= 11 is 0. The van der Waals surface area contributed by atoms with E-state index in [2.05, 4.69) is 5.32 Å². The molecule has 0 saturated heterocycles. The first-order valence-corrected chi connectivity index (χ1v) is 10.4. The molecule has 2 rings (SSSR count). The Bertz CT molecular complexity index is 879. The van der Waals surface area contributed by atoms with Crippen LogP contribution in [0.15, 0.2) is 48.5 Å². The lowest BCUT2D eigenvalue weighted by atomic mass is 10.0. The highest BCUT2D eigenvalue weighted by atomic mass is 32.2. The van der Waals surface area contributed by atoms with Crippen LogP contribution in [0, 0.1) is 13.8 Å². The lowest BCUT2D eigenvalue weighted by Gasteiger charge is -2.29. The lowest BCUT2D eigenvalue weighted by Crippen LogP contribution is -2.48. The molecule has 2 aromatic carbocycles. The molecule has 0 aromatic heterocycles. The molecule has 1 N–H and O–H groups in total. The molecule has 0 aliphatic carbocycles. The fourth-order valence-corrected chi connectivity index (χ4v) is 4.01. The van der Waals surface area contributed by atoms with Crippen molar-refractivity contribution < 1.29 is 13.2 Å². The first-order valence-electron chi connectivity index (χ1n) is 8.53. The standard InChI is InChI=1S/C20H26N2O3S/c1-14-11-12-18(13-15(14)2)16(3)21-20(23)17(4)22(26(5,24)25)19-9-7-6-8-10-19/h6-13,16-17H,1-5H3,(H,21,23)/t16-,17+/m0/s1. The molecule has 0 unspecified atom stereocenters. The number of amides is 1. The Balaban J connectivity index is 2.22. The number of hydrogen-bond acceptors (Lipinski definition) is 3. The number of nitrogens with one attached hydrogen (secondary N) is 1. The van der Waals surface area contributed by atoms with E-state index in [-0.39, 0.29) is 11.9 Å². The second-order valence-corrected chi connectivity index (χ2v) is 8.50. The zero-order valence-electron chi connectivity index (χ0n) is 15.9. The van der Waals surface area contributed by atoms with Gasteiger partial charge in [-0.25, -0.2) is 8.42 Å². The van der Waals surface area contributed by atoms with Gasteiger partial charge in [0.1, 0.15) is 6.04 Å². The Labute approximate surface area is 156 Å². The monoisotopic (exact) mass is 374 g/mol. The molecular weight excluding hydrogens is 348 g/mol. The van der Waals surface area contributed by atoms with Gasteiger partial charge in [-0.05, 0) is 56.5 Å². The van der Waals surface area contributed by atoms with E-state index in [1.54, 1.807) is 37.3 Å². The molecule has 6 heteroatoms. The average molecular weight is 375 g/mol. The van der Waals surface area contributed by atoms with Crippen LogP contribution in [-0.2, 0) is 14.8 Å². The van der Waals surface area contributed by atoms with Gasteiger partial charge in [-0.2, -0.15) is 0 Å².